The Labute approximate surface area is 163 Å². The van der Waals surface area contributed by atoms with Gasteiger partial charge >= 0.3 is 0 Å². The minimum absolute atomic E-state index is 0.0620. The molecule has 0 bridgehead atoms. The highest BCUT2D eigenvalue weighted by atomic mass is 16.5. The predicted molar refractivity (Wildman–Crippen MR) is 108 cm³/mol. The molecule has 0 saturated heterocycles. The molecule has 0 aliphatic carbocycles. The average molecular weight is 373 g/mol. The van der Waals surface area contributed by atoms with Crippen LogP contribution in [-0.4, -0.2) is 43.6 Å². The van der Waals surface area contributed by atoms with Crippen LogP contribution in [0.1, 0.15) is 44.9 Å². The van der Waals surface area contributed by atoms with Crippen molar-refractivity contribution in [1.82, 2.24) is 15.5 Å². The molecule has 27 heavy (non-hydrogen) atoms. The van der Waals surface area contributed by atoms with Gasteiger partial charge in [0.1, 0.15) is 17.4 Å². The summed E-state index contributed by atoms with van der Waals surface area (Å²) in [4.78, 5) is 14.7. The molecule has 0 heterocycles. The Balaban J connectivity index is 2.73. The fraction of sp³-hybridized carbons (Fsp3) is 0.524. The van der Waals surface area contributed by atoms with E-state index < -0.39 is 5.91 Å². The number of amides is 1. The van der Waals surface area contributed by atoms with Crippen molar-refractivity contribution in [2.45, 2.75) is 40.7 Å². The van der Waals surface area contributed by atoms with Crippen molar-refractivity contribution in [3.8, 4) is 11.8 Å². The lowest BCUT2D eigenvalue weighted by molar-refractivity contribution is -0.117. The van der Waals surface area contributed by atoms with E-state index in [1.165, 1.54) is 6.20 Å². The Morgan fingerprint density at radius 2 is 2.04 bits per heavy atom. The Morgan fingerprint density at radius 3 is 2.63 bits per heavy atom. The summed E-state index contributed by atoms with van der Waals surface area (Å²) in [5.41, 5.74) is 2.05. The summed E-state index contributed by atoms with van der Waals surface area (Å²) in [6.45, 7) is 14.1. The lowest BCUT2D eigenvalue weighted by Crippen LogP contribution is -2.31. The standard InChI is InChI=1S/C21H32N4O2/c1-6-25(7-2)12-11-23-15-18(14-22)21(26)24-17(5)19-13-16(4)9-10-20(19)27-8-3/h9-10,13,15,17,23H,6-8,11-12H2,1-5H3,(H,24,26)/b18-15-. The van der Waals surface area contributed by atoms with E-state index in [0.717, 1.165) is 36.5 Å². The maximum atomic E-state index is 12.5. The molecule has 0 radical (unpaired) electrons. The number of nitrogens with one attached hydrogen (secondary N) is 2. The Hall–Kier alpha value is -2.52. The van der Waals surface area contributed by atoms with Crippen LogP contribution in [0.5, 0.6) is 5.75 Å². The molecule has 2 N–H and O–H groups in total. The van der Waals surface area contributed by atoms with Gasteiger partial charge < -0.3 is 20.3 Å². The van der Waals surface area contributed by atoms with Gasteiger partial charge in [-0.15, -0.1) is 0 Å². The zero-order valence-electron chi connectivity index (χ0n) is 17.1. The number of benzene rings is 1. The van der Waals surface area contributed by atoms with E-state index in [-0.39, 0.29) is 11.6 Å². The predicted octanol–water partition coefficient (Wildman–Crippen LogP) is 2.91. The number of aryl methyl sites for hydroxylation is 1. The van der Waals surface area contributed by atoms with E-state index in [4.69, 9.17) is 4.74 Å². The number of rotatable bonds is 11. The van der Waals surface area contributed by atoms with Crippen LogP contribution in [0.3, 0.4) is 0 Å². The molecule has 1 amide bonds. The van der Waals surface area contributed by atoms with Gasteiger partial charge in [0.25, 0.3) is 5.91 Å². The SMILES string of the molecule is CCOc1ccc(C)cc1C(C)NC(=O)/C(C#N)=C\NCCN(CC)CC. The summed E-state index contributed by atoms with van der Waals surface area (Å²) in [7, 11) is 0. The molecule has 1 rings (SSSR count). The van der Waals surface area contributed by atoms with Crippen LogP contribution in [-0.2, 0) is 4.79 Å². The third-order valence-electron chi connectivity index (χ3n) is 4.36. The number of nitrogens with zero attached hydrogens (tertiary/aromatic N) is 2. The Kier molecular flexibility index (Phi) is 9.99. The van der Waals surface area contributed by atoms with Gasteiger partial charge in [-0.2, -0.15) is 5.26 Å². The summed E-state index contributed by atoms with van der Waals surface area (Å²) >= 11 is 0. The largest absolute Gasteiger partial charge is 0.494 e. The van der Waals surface area contributed by atoms with E-state index in [0.29, 0.717) is 13.2 Å². The summed E-state index contributed by atoms with van der Waals surface area (Å²) < 4.78 is 5.66. The van der Waals surface area contributed by atoms with Crippen LogP contribution in [0.15, 0.2) is 30.0 Å². The quantitative estimate of drug-likeness (QED) is 0.355. The number of likely N-dealkylation sites (N-methyl/N-ethyl adjacent to an activating group) is 1. The number of carbonyl (C=O) groups is 1. The highest BCUT2D eigenvalue weighted by Crippen LogP contribution is 2.26. The third kappa shape index (κ3) is 7.32. The molecule has 1 aromatic carbocycles. The molecule has 0 aliphatic rings. The van der Waals surface area contributed by atoms with E-state index >= 15 is 0 Å². The Bertz CT molecular complexity index is 675. The molecule has 0 aliphatic heterocycles. The van der Waals surface area contributed by atoms with Crippen LogP contribution in [0, 0.1) is 18.3 Å². The second kappa shape index (κ2) is 12.0. The van der Waals surface area contributed by atoms with Crippen molar-refractivity contribution in [3.05, 3.63) is 41.1 Å². The van der Waals surface area contributed by atoms with Gasteiger partial charge in [-0.05, 0) is 39.9 Å². The van der Waals surface area contributed by atoms with Crippen LogP contribution in [0.25, 0.3) is 0 Å². The van der Waals surface area contributed by atoms with Gasteiger partial charge in [0, 0.05) is 24.9 Å². The van der Waals surface area contributed by atoms with E-state index in [1.807, 2.05) is 45.0 Å². The van der Waals surface area contributed by atoms with Gasteiger partial charge in [-0.25, -0.2) is 0 Å². The summed E-state index contributed by atoms with van der Waals surface area (Å²) in [6, 6.07) is 7.57. The average Bonchev–Trinajstić information content (AvgIpc) is 2.66. The van der Waals surface area contributed by atoms with Gasteiger partial charge in [-0.1, -0.05) is 31.5 Å². The minimum Gasteiger partial charge on any atom is -0.494 e. The molecule has 148 valence electrons. The lowest BCUT2D eigenvalue weighted by atomic mass is 10.0. The van der Waals surface area contributed by atoms with Gasteiger partial charge in [0.2, 0.25) is 0 Å². The molecule has 0 saturated carbocycles. The molecular formula is C21H32N4O2. The first-order valence-electron chi connectivity index (χ1n) is 9.56. The topological polar surface area (TPSA) is 77.4 Å². The number of hydrogen-bond acceptors (Lipinski definition) is 5. The normalized spacial score (nSPS) is 12.4. The molecule has 0 spiro atoms. The molecule has 6 nitrogen and oxygen atoms in total. The zero-order valence-corrected chi connectivity index (χ0v) is 17.1. The smallest absolute Gasteiger partial charge is 0.263 e. The van der Waals surface area contributed by atoms with Gasteiger partial charge in [0.15, 0.2) is 0 Å². The van der Waals surface area contributed by atoms with E-state index in [1.54, 1.807) is 0 Å². The van der Waals surface area contributed by atoms with Crippen molar-refractivity contribution in [3.63, 3.8) is 0 Å². The van der Waals surface area contributed by atoms with Crippen molar-refractivity contribution < 1.29 is 9.53 Å². The maximum absolute atomic E-state index is 12.5. The third-order valence-corrected chi connectivity index (χ3v) is 4.36. The van der Waals surface area contributed by atoms with Crippen LogP contribution >= 0.6 is 0 Å². The summed E-state index contributed by atoms with van der Waals surface area (Å²) in [5, 5.41) is 15.3. The zero-order chi connectivity index (χ0) is 20.2. The minimum atomic E-state index is -0.399. The second-order valence-corrected chi connectivity index (χ2v) is 6.32. The van der Waals surface area contributed by atoms with Crippen LogP contribution < -0.4 is 15.4 Å². The number of ether oxygens (including phenoxy) is 1. The lowest BCUT2D eigenvalue weighted by Gasteiger charge is -2.19. The monoisotopic (exact) mass is 372 g/mol. The van der Waals surface area contributed by atoms with Crippen molar-refractivity contribution in [1.29, 1.82) is 5.26 Å². The second-order valence-electron chi connectivity index (χ2n) is 6.32. The first-order valence-corrected chi connectivity index (χ1v) is 9.56. The summed E-state index contributed by atoms with van der Waals surface area (Å²) in [5.74, 6) is 0.347. The van der Waals surface area contributed by atoms with Gasteiger partial charge in [-0.3, -0.25) is 4.79 Å². The summed E-state index contributed by atoms with van der Waals surface area (Å²) in [6.07, 6.45) is 1.49. The van der Waals surface area contributed by atoms with E-state index in [2.05, 4.69) is 29.4 Å². The maximum Gasteiger partial charge on any atom is 0.263 e. The van der Waals surface area contributed by atoms with Gasteiger partial charge in [0.05, 0.1) is 12.6 Å². The molecule has 1 atom stereocenters. The number of nitriles is 1. The molecule has 6 heteroatoms. The fourth-order valence-corrected chi connectivity index (χ4v) is 2.73. The number of carbonyl (C=O) groups excluding carboxylic acids is 1. The molecule has 0 fully saturated rings. The van der Waals surface area contributed by atoms with Crippen molar-refractivity contribution >= 4 is 5.91 Å². The molecular weight excluding hydrogens is 340 g/mol. The van der Waals surface area contributed by atoms with Crippen LogP contribution in [0.2, 0.25) is 0 Å². The van der Waals surface area contributed by atoms with Crippen molar-refractivity contribution in [2.24, 2.45) is 0 Å². The van der Waals surface area contributed by atoms with E-state index in [9.17, 15) is 10.1 Å². The van der Waals surface area contributed by atoms with Crippen LogP contribution in [0.4, 0.5) is 0 Å². The Morgan fingerprint density at radius 1 is 1.33 bits per heavy atom. The molecule has 1 unspecified atom stereocenters. The highest BCUT2D eigenvalue weighted by molar-refractivity contribution is 5.97. The first-order chi connectivity index (χ1) is 13.0. The molecule has 1 aromatic rings. The molecule has 0 aromatic heterocycles. The highest BCUT2D eigenvalue weighted by Gasteiger charge is 2.17. The van der Waals surface area contributed by atoms with Crippen molar-refractivity contribution in [2.75, 3.05) is 32.8 Å². The first kappa shape index (κ1) is 22.5. The fourth-order valence-electron chi connectivity index (χ4n) is 2.73. The number of hydrogen-bond donors (Lipinski definition) is 2.